The summed E-state index contributed by atoms with van der Waals surface area (Å²) in [5, 5.41) is 23.1. The number of halogens is 1. The van der Waals surface area contributed by atoms with E-state index in [9.17, 15) is 14.9 Å². The first-order valence-corrected chi connectivity index (χ1v) is 8.29. The van der Waals surface area contributed by atoms with Crippen LogP contribution in [0.1, 0.15) is 23.1 Å². The summed E-state index contributed by atoms with van der Waals surface area (Å²) in [5.41, 5.74) is 0.968. The highest BCUT2D eigenvalue weighted by atomic mass is 35.5. The van der Waals surface area contributed by atoms with Crippen molar-refractivity contribution in [3.8, 4) is 0 Å². The van der Waals surface area contributed by atoms with Gasteiger partial charge in [0.2, 0.25) is 6.33 Å². The molecule has 0 unspecified atom stereocenters. The van der Waals surface area contributed by atoms with Crippen molar-refractivity contribution in [2.45, 2.75) is 26.7 Å². The Hall–Kier alpha value is -3.28. The van der Waals surface area contributed by atoms with Crippen molar-refractivity contribution in [2.75, 3.05) is 7.05 Å². The molecule has 0 fully saturated rings. The van der Waals surface area contributed by atoms with Crippen molar-refractivity contribution in [3.63, 3.8) is 0 Å². The smallest absolute Gasteiger partial charge is 0.390 e. The molecule has 0 saturated heterocycles. The van der Waals surface area contributed by atoms with Gasteiger partial charge in [0, 0.05) is 24.9 Å². The second-order valence-corrected chi connectivity index (χ2v) is 6.05. The number of aromatic nitrogens is 7. The first-order chi connectivity index (χ1) is 12.9. The number of hydrogen-bond acceptors (Lipinski definition) is 7. The molecular weight excluding hydrogens is 378 g/mol. The van der Waals surface area contributed by atoms with Crippen molar-refractivity contribution < 1.29 is 9.72 Å². The van der Waals surface area contributed by atoms with E-state index in [1.165, 1.54) is 20.6 Å². The van der Waals surface area contributed by atoms with Gasteiger partial charge >= 0.3 is 5.95 Å². The molecule has 0 saturated carbocycles. The molecule has 0 spiro atoms. The fraction of sp³-hybridized carbons (Fsp3) is 0.357. The predicted molar refractivity (Wildman–Crippen MR) is 93.0 cm³/mol. The Morgan fingerprint density at radius 3 is 2.81 bits per heavy atom. The average Bonchev–Trinajstić information content (AvgIpc) is 3.36. The van der Waals surface area contributed by atoms with E-state index in [0.29, 0.717) is 11.6 Å². The molecular formula is C14H16ClN9O3. The van der Waals surface area contributed by atoms with E-state index in [1.807, 2.05) is 6.92 Å². The van der Waals surface area contributed by atoms with Crippen molar-refractivity contribution in [3.05, 3.63) is 51.3 Å². The Bertz CT molecular complexity index is 976. The standard InChI is InChI=1S/C14H16ClN9O3/c1-3-23-12(10(15)6-17-23)7-20(2)13(25)11-4-5-21(18-11)9-22-8-16-14(19-22)24(26)27/h4-6,8H,3,7,9H2,1-2H3. The predicted octanol–water partition coefficient (Wildman–Crippen LogP) is 1.03. The van der Waals surface area contributed by atoms with Crippen LogP contribution in [-0.2, 0) is 19.8 Å². The molecule has 0 bridgehead atoms. The monoisotopic (exact) mass is 393 g/mol. The maximum absolute atomic E-state index is 12.6. The van der Waals surface area contributed by atoms with Crippen LogP contribution in [0.15, 0.2) is 24.8 Å². The summed E-state index contributed by atoms with van der Waals surface area (Å²) >= 11 is 6.13. The van der Waals surface area contributed by atoms with E-state index >= 15 is 0 Å². The zero-order valence-corrected chi connectivity index (χ0v) is 15.3. The maximum Gasteiger partial charge on any atom is 0.491 e. The Morgan fingerprint density at radius 1 is 1.37 bits per heavy atom. The fourth-order valence-electron chi connectivity index (χ4n) is 2.45. The lowest BCUT2D eigenvalue weighted by Crippen LogP contribution is -2.28. The van der Waals surface area contributed by atoms with E-state index in [1.54, 1.807) is 30.2 Å². The second kappa shape index (κ2) is 7.53. The highest BCUT2D eigenvalue weighted by Crippen LogP contribution is 2.17. The van der Waals surface area contributed by atoms with Gasteiger partial charge in [0.25, 0.3) is 5.91 Å². The summed E-state index contributed by atoms with van der Waals surface area (Å²) in [5.74, 6) is -0.791. The summed E-state index contributed by atoms with van der Waals surface area (Å²) < 4.78 is 4.41. The van der Waals surface area contributed by atoms with Gasteiger partial charge in [0.15, 0.2) is 6.67 Å². The van der Waals surface area contributed by atoms with E-state index in [-0.39, 0.29) is 24.8 Å². The van der Waals surface area contributed by atoms with Gasteiger partial charge in [0.1, 0.15) is 5.69 Å². The minimum atomic E-state index is -0.685. The normalized spacial score (nSPS) is 10.9. The van der Waals surface area contributed by atoms with Gasteiger partial charge < -0.3 is 15.0 Å². The number of aryl methyl sites for hydroxylation is 1. The largest absolute Gasteiger partial charge is 0.491 e. The van der Waals surface area contributed by atoms with E-state index in [0.717, 1.165) is 5.69 Å². The Morgan fingerprint density at radius 2 is 2.15 bits per heavy atom. The lowest BCUT2D eigenvalue weighted by atomic mass is 10.3. The van der Waals surface area contributed by atoms with Crippen LogP contribution in [0.4, 0.5) is 5.95 Å². The molecule has 0 radical (unpaired) electrons. The third-order valence-corrected chi connectivity index (χ3v) is 4.08. The lowest BCUT2D eigenvalue weighted by Gasteiger charge is -2.17. The molecule has 13 heteroatoms. The highest BCUT2D eigenvalue weighted by molar-refractivity contribution is 6.31. The molecule has 3 heterocycles. The number of carbonyl (C=O) groups is 1. The number of carbonyl (C=O) groups excluding carboxylic acids is 1. The SMILES string of the molecule is CCn1ncc(Cl)c1CN(C)C(=O)c1ccn(Cn2cnc([N+](=O)[O-])n2)n1. The summed E-state index contributed by atoms with van der Waals surface area (Å²) in [7, 11) is 1.64. The molecule has 1 amide bonds. The molecule has 0 aliphatic heterocycles. The average molecular weight is 394 g/mol. The van der Waals surface area contributed by atoms with Gasteiger partial charge in [-0.05, 0) is 17.9 Å². The van der Waals surface area contributed by atoms with Crippen LogP contribution in [0.3, 0.4) is 0 Å². The van der Waals surface area contributed by atoms with Crippen LogP contribution in [-0.4, -0.2) is 57.1 Å². The zero-order valence-electron chi connectivity index (χ0n) is 14.6. The topological polar surface area (TPSA) is 130 Å². The summed E-state index contributed by atoms with van der Waals surface area (Å²) in [6.45, 7) is 2.95. The number of nitrogens with zero attached hydrogens (tertiary/aromatic N) is 9. The summed E-state index contributed by atoms with van der Waals surface area (Å²) in [6, 6.07) is 1.56. The van der Waals surface area contributed by atoms with Gasteiger partial charge in [-0.1, -0.05) is 16.6 Å². The molecule has 3 aromatic rings. The van der Waals surface area contributed by atoms with E-state index < -0.39 is 10.9 Å². The molecule has 0 atom stereocenters. The molecule has 3 rings (SSSR count). The molecule has 0 aliphatic rings. The molecule has 0 N–H and O–H groups in total. The van der Waals surface area contributed by atoms with Crippen molar-refractivity contribution in [1.82, 2.24) is 39.2 Å². The zero-order chi connectivity index (χ0) is 19.6. The quantitative estimate of drug-likeness (QED) is 0.432. The van der Waals surface area contributed by atoms with Crippen LogP contribution >= 0.6 is 11.6 Å². The number of rotatable bonds is 7. The van der Waals surface area contributed by atoms with Crippen molar-refractivity contribution >= 4 is 23.5 Å². The van der Waals surface area contributed by atoms with Gasteiger partial charge in [-0.3, -0.25) is 9.48 Å². The van der Waals surface area contributed by atoms with Crippen LogP contribution in [0, 0.1) is 10.1 Å². The first-order valence-electron chi connectivity index (χ1n) is 7.92. The van der Waals surface area contributed by atoms with Crippen LogP contribution < -0.4 is 0 Å². The molecule has 0 aliphatic carbocycles. The summed E-state index contributed by atoms with van der Waals surface area (Å²) in [6.07, 6.45) is 4.35. The number of hydrogen-bond donors (Lipinski definition) is 0. The molecule has 3 aromatic heterocycles. The first kappa shape index (κ1) is 18.5. The molecule has 27 heavy (non-hydrogen) atoms. The van der Waals surface area contributed by atoms with Crippen LogP contribution in [0.2, 0.25) is 5.02 Å². The van der Waals surface area contributed by atoms with Crippen LogP contribution in [0.5, 0.6) is 0 Å². The van der Waals surface area contributed by atoms with Crippen LogP contribution in [0.25, 0.3) is 0 Å². The number of nitro groups is 1. The minimum absolute atomic E-state index is 0.0896. The van der Waals surface area contributed by atoms with E-state index in [2.05, 4.69) is 20.3 Å². The molecule has 0 aromatic carbocycles. The Balaban J connectivity index is 1.68. The number of amides is 1. The Labute approximate surface area is 158 Å². The Kier molecular flexibility index (Phi) is 5.16. The van der Waals surface area contributed by atoms with Gasteiger partial charge in [-0.2, -0.15) is 14.9 Å². The molecule has 142 valence electrons. The van der Waals surface area contributed by atoms with Gasteiger partial charge in [-0.25, -0.2) is 4.68 Å². The molecule has 12 nitrogen and oxygen atoms in total. The van der Waals surface area contributed by atoms with E-state index in [4.69, 9.17) is 11.6 Å². The highest BCUT2D eigenvalue weighted by Gasteiger charge is 2.19. The minimum Gasteiger partial charge on any atom is -0.390 e. The maximum atomic E-state index is 12.6. The third kappa shape index (κ3) is 3.95. The third-order valence-electron chi connectivity index (χ3n) is 3.77. The van der Waals surface area contributed by atoms with Crippen molar-refractivity contribution in [2.24, 2.45) is 0 Å². The van der Waals surface area contributed by atoms with Crippen molar-refractivity contribution in [1.29, 1.82) is 0 Å². The summed E-state index contributed by atoms with van der Waals surface area (Å²) in [4.78, 5) is 27.6. The fourth-order valence-corrected chi connectivity index (χ4v) is 2.65. The van der Waals surface area contributed by atoms with Gasteiger partial charge in [-0.15, -0.1) is 0 Å². The second-order valence-electron chi connectivity index (χ2n) is 5.64. The van der Waals surface area contributed by atoms with Gasteiger partial charge in [0.05, 0.1) is 23.5 Å². The lowest BCUT2D eigenvalue weighted by molar-refractivity contribution is -0.394.